The van der Waals surface area contributed by atoms with Gasteiger partial charge in [-0.1, -0.05) is 25.1 Å². The third kappa shape index (κ3) is 4.58. The summed E-state index contributed by atoms with van der Waals surface area (Å²) in [6, 6.07) is 6.89. The van der Waals surface area contributed by atoms with Crippen LogP contribution in [0.15, 0.2) is 18.2 Å². The summed E-state index contributed by atoms with van der Waals surface area (Å²) in [6.45, 7) is 10.5. The van der Waals surface area contributed by atoms with Gasteiger partial charge in [-0.25, -0.2) is 0 Å². The maximum Gasteiger partial charge on any atom is 0.0473 e. The SMILES string of the molecule is CCCN(CCN(C)C)C(CN)c1cccc(C)c1C. The maximum absolute atomic E-state index is 6.11. The standard InChI is InChI=1S/C17H31N3/c1-6-10-20(12-11-19(4)5)17(13-18)16-9-7-8-14(2)15(16)3/h7-9,17H,6,10-13,18H2,1-5H3. The normalized spacial score (nSPS) is 13.2. The van der Waals surface area contributed by atoms with Crippen molar-refractivity contribution in [3.05, 3.63) is 34.9 Å². The van der Waals surface area contributed by atoms with Gasteiger partial charge in [-0.15, -0.1) is 0 Å². The number of hydrogen-bond donors (Lipinski definition) is 1. The fourth-order valence-electron chi connectivity index (χ4n) is 2.65. The van der Waals surface area contributed by atoms with Crippen molar-refractivity contribution >= 4 is 0 Å². The molecule has 1 aromatic carbocycles. The van der Waals surface area contributed by atoms with Crippen molar-refractivity contribution in [2.24, 2.45) is 5.73 Å². The number of benzene rings is 1. The third-order valence-electron chi connectivity index (χ3n) is 4.01. The molecule has 0 heterocycles. The molecule has 20 heavy (non-hydrogen) atoms. The lowest BCUT2D eigenvalue weighted by Crippen LogP contribution is -2.39. The molecule has 3 nitrogen and oxygen atoms in total. The second kappa shape index (κ2) is 8.40. The molecule has 1 rings (SSSR count). The van der Waals surface area contributed by atoms with Crippen LogP contribution in [0.3, 0.4) is 0 Å². The Bertz CT molecular complexity index is 401. The molecule has 1 atom stereocenters. The fourth-order valence-corrected chi connectivity index (χ4v) is 2.65. The van der Waals surface area contributed by atoms with Gasteiger partial charge in [-0.3, -0.25) is 4.90 Å². The minimum Gasteiger partial charge on any atom is -0.329 e. The molecule has 0 spiro atoms. The molecule has 0 fully saturated rings. The van der Waals surface area contributed by atoms with Gasteiger partial charge in [0.1, 0.15) is 0 Å². The van der Waals surface area contributed by atoms with Crippen LogP contribution in [0, 0.1) is 13.8 Å². The van der Waals surface area contributed by atoms with E-state index >= 15 is 0 Å². The zero-order valence-electron chi connectivity index (χ0n) is 13.8. The Morgan fingerprint density at radius 1 is 1.10 bits per heavy atom. The van der Waals surface area contributed by atoms with Crippen molar-refractivity contribution in [2.75, 3.05) is 40.3 Å². The van der Waals surface area contributed by atoms with Crippen LogP contribution in [-0.2, 0) is 0 Å². The van der Waals surface area contributed by atoms with E-state index in [2.05, 4.69) is 62.9 Å². The zero-order valence-corrected chi connectivity index (χ0v) is 13.8. The molecule has 0 saturated heterocycles. The molecule has 2 N–H and O–H groups in total. The summed E-state index contributed by atoms with van der Waals surface area (Å²) in [5, 5.41) is 0. The van der Waals surface area contributed by atoms with Crippen LogP contribution in [0.2, 0.25) is 0 Å². The third-order valence-corrected chi connectivity index (χ3v) is 4.01. The molecular formula is C17H31N3. The number of likely N-dealkylation sites (N-methyl/N-ethyl adjacent to an activating group) is 1. The first-order valence-electron chi connectivity index (χ1n) is 7.66. The van der Waals surface area contributed by atoms with Crippen molar-refractivity contribution in [2.45, 2.75) is 33.2 Å². The van der Waals surface area contributed by atoms with Crippen LogP contribution in [0.1, 0.15) is 36.1 Å². The highest BCUT2D eigenvalue weighted by Crippen LogP contribution is 2.25. The molecule has 0 aliphatic heterocycles. The molecular weight excluding hydrogens is 246 g/mol. The lowest BCUT2D eigenvalue weighted by molar-refractivity contribution is 0.182. The maximum atomic E-state index is 6.11. The summed E-state index contributed by atoms with van der Waals surface area (Å²) in [6.07, 6.45) is 1.16. The van der Waals surface area contributed by atoms with E-state index in [9.17, 15) is 0 Å². The van der Waals surface area contributed by atoms with Gasteiger partial charge in [0.15, 0.2) is 0 Å². The van der Waals surface area contributed by atoms with E-state index < -0.39 is 0 Å². The summed E-state index contributed by atoms with van der Waals surface area (Å²) in [5.41, 5.74) is 10.2. The Morgan fingerprint density at radius 3 is 2.35 bits per heavy atom. The van der Waals surface area contributed by atoms with E-state index in [4.69, 9.17) is 5.73 Å². The minimum atomic E-state index is 0.329. The van der Waals surface area contributed by atoms with Gasteiger partial charge in [-0.2, -0.15) is 0 Å². The Kier molecular flexibility index (Phi) is 7.20. The average Bonchev–Trinajstić information content (AvgIpc) is 2.41. The average molecular weight is 277 g/mol. The Hall–Kier alpha value is -0.900. The van der Waals surface area contributed by atoms with Crippen molar-refractivity contribution < 1.29 is 0 Å². The van der Waals surface area contributed by atoms with Crippen LogP contribution >= 0.6 is 0 Å². The van der Waals surface area contributed by atoms with Crippen molar-refractivity contribution in [1.29, 1.82) is 0 Å². The highest BCUT2D eigenvalue weighted by Gasteiger charge is 2.20. The van der Waals surface area contributed by atoms with Crippen LogP contribution in [-0.4, -0.2) is 50.1 Å². The monoisotopic (exact) mass is 277 g/mol. The minimum absolute atomic E-state index is 0.329. The van der Waals surface area contributed by atoms with Gasteiger partial charge in [0, 0.05) is 25.7 Å². The summed E-state index contributed by atoms with van der Waals surface area (Å²) in [5.74, 6) is 0. The van der Waals surface area contributed by atoms with Crippen molar-refractivity contribution in [1.82, 2.24) is 9.80 Å². The van der Waals surface area contributed by atoms with Gasteiger partial charge < -0.3 is 10.6 Å². The largest absolute Gasteiger partial charge is 0.329 e. The molecule has 0 amide bonds. The fraction of sp³-hybridized carbons (Fsp3) is 0.647. The number of nitrogens with zero attached hydrogens (tertiary/aromatic N) is 2. The molecule has 0 aliphatic rings. The van der Waals surface area contributed by atoms with Crippen LogP contribution in [0.4, 0.5) is 0 Å². The van der Waals surface area contributed by atoms with E-state index in [1.54, 1.807) is 0 Å². The van der Waals surface area contributed by atoms with Crippen molar-refractivity contribution in [3.63, 3.8) is 0 Å². The number of nitrogens with two attached hydrogens (primary N) is 1. The van der Waals surface area contributed by atoms with E-state index in [1.807, 2.05) is 0 Å². The molecule has 1 aromatic rings. The topological polar surface area (TPSA) is 32.5 Å². The quantitative estimate of drug-likeness (QED) is 0.793. The second-order valence-electron chi connectivity index (χ2n) is 5.88. The molecule has 0 saturated carbocycles. The molecule has 0 aliphatic carbocycles. The van der Waals surface area contributed by atoms with Gasteiger partial charge in [0.25, 0.3) is 0 Å². The van der Waals surface area contributed by atoms with Gasteiger partial charge in [0.2, 0.25) is 0 Å². The highest BCUT2D eigenvalue weighted by molar-refractivity contribution is 5.35. The smallest absolute Gasteiger partial charge is 0.0473 e. The predicted molar refractivity (Wildman–Crippen MR) is 88.1 cm³/mol. The van der Waals surface area contributed by atoms with E-state index in [0.29, 0.717) is 12.6 Å². The lowest BCUT2D eigenvalue weighted by Gasteiger charge is -2.33. The summed E-state index contributed by atoms with van der Waals surface area (Å²) < 4.78 is 0. The van der Waals surface area contributed by atoms with E-state index in [1.165, 1.54) is 16.7 Å². The Balaban J connectivity index is 2.96. The van der Waals surface area contributed by atoms with E-state index in [-0.39, 0.29) is 0 Å². The number of aryl methyl sites for hydroxylation is 1. The number of hydrogen-bond acceptors (Lipinski definition) is 3. The molecule has 0 bridgehead atoms. The second-order valence-corrected chi connectivity index (χ2v) is 5.88. The molecule has 0 radical (unpaired) electrons. The Labute approximate surface area is 124 Å². The van der Waals surface area contributed by atoms with Gasteiger partial charge >= 0.3 is 0 Å². The first-order chi connectivity index (χ1) is 9.51. The van der Waals surface area contributed by atoms with Crippen LogP contribution < -0.4 is 5.73 Å². The molecule has 0 aromatic heterocycles. The number of rotatable bonds is 8. The first-order valence-corrected chi connectivity index (χ1v) is 7.66. The van der Waals surface area contributed by atoms with Gasteiger partial charge in [-0.05, 0) is 57.6 Å². The lowest BCUT2D eigenvalue weighted by atomic mass is 9.96. The van der Waals surface area contributed by atoms with Crippen LogP contribution in [0.25, 0.3) is 0 Å². The van der Waals surface area contributed by atoms with Crippen LogP contribution in [0.5, 0.6) is 0 Å². The molecule has 3 heteroatoms. The molecule has 114 valence electrons. The van der Waals surface area contributed by atoms with Crippen molar-refractivity contribution in [3.8, 4) is 0 Å². The van der Waals surface area contributed by atoms with E-state index in [0.717, 1.165) is 26.1 Å². The summed E-state index contributed by atoms with van der Waals surface area (Å²) in [7, 11) is 4.25. The first kappa shape index (κ1) is 17.2. The predicted octanol–water partition coefficient (Wildman–Crippen LogP) is 2.58. The Morgan fingerprint density at radius 2 is 1.80 bits per heavy atom. The zero-order chi connectivity index (χ0) is 15.1. The molecule has 1 unspecified atom stereocenters. The summed E-state index contributed by atoms with van der Waals surface area (Å²) in [4.78, 5) is 4.76. The summed E-state index contributed by atoms with van der Waals surface area (Å²) >= 11 is 0. The van der Waals surface area contributed by atoms with Gasteiger partial charge in [0.05, 0.1) is 0 Å². The highest BCUT2D eigenvalue weighted by atomic mass is 15.2.